The van der Waals surface area contributed by atoms with Crippen LogP contribution >= 0.6 is 27.5 Å². The molecule has 1 nitrogen and oxygen atoms in total. The molecule has 0 fully saturated rings. The van der Waals surface area contributed by atoms with Crippen LogP contribution in [0.25, 0.3) is 0 Å². The lowest BCUT2D eigenvalue weighted by atomic mass is 9.90. The van der Waals surface area contributed by atoms with Crippen LogP contribution in [0.1, 0.15) is 57.4 Å². The fraction of sp³-hybridized carbons (Fsp3) is 0.625. The number of ether oxygens (including phenoxy) is 1. The van der Waals surface area contributed by atoms with Crippen LogP contribution < -0.4 is 4.74 Å². The third kappa shape index (κ3) is 5.00. The van der Waals surface area contributed by atoms with E-state index < -0.39 is 0 Å². The molecule has 0 saturated heterocycles. The third-order valence-corrected chi connectivity index (χ3v) is 4.59. The van der Waals surface area contributed by atoms with Crippen LogP contribution in [-0.2, 0) is 0 Å². The maximum Gasteiger partial charge on any atom is 0.120 e. The van der Waals surface area contributed by atoms with Crippen molar-refractivity contribution >= 4 is 27.5 Å². The zero-order valence-electron chi connectivity index (χ0n) is 12.1. The highest BCUT2D eigenvalue weighted by atomic mass is 79.9. The maximum atomic E-state index is 6.69. The van der Waals surface area contributed by atoms with Crippen LogP contribution in [0, 0.1) is 5.92 Å². The molecule has 0 amide bonds. The summed E-state index contributed by atoms with van der Waals surface area (Å²) < 4.78 is 6.56. The van der Waals surface area contributed by atoms with E-state index in [0.717, 1.165) is 10.2 Å². The van der Waals surface area contributed by atoms with Crippen LogP contribution in [0.2, 0.25) is 0 Å². The Bertz CT molecular complexity index is 375. The molecule has 1 aromatic carbocycles. The Balaban J connectivity index is 2.87. The fourth-order valence-corrected chi connectivity index (χ4v) is 3.60. The molecule has 3 heteroatoms. The number of rotatable bonds is 8. The maximum absolute atomic E-state index is 6.69. The van der Waals surface area contributed by atoms with E-state index in [9.17, 15) is 0 Å². The average Bonchev–Trinajstić information content (AvgIpc) is 2.38. The molecule has 0 spiro atoms. The summed E-state index contributed by atoms with van der Waals surface area (Å²) >= 11 is 10.3. The lowest BCUT2D eigenvalue weighted by Crippen LogP contribution is -2.08. The summed E-state index contributed by atoms with van der Waals surface area (Å²) in [6.07, 6.45) is 4.73. The van der Waals surface area contributed by atoms with Crippen LogP contribution in [0.15, 0.2) is 22.7 Å². The molecule has 0 heterocycles. The Labute approximate surface area is 130 Å². The SMILES string of the molecule is CCCC(CCC)C(Cl)c1ccc(OCC)cc1Br. The number of halogens is 2. The van der Waals surface area contributed by atoms with Crippen LogP contribution in [0.5, 0.6) is 5.75 Å². The van der Waals surface area contributed by atoms with Crippen molar-refractivity contribution in [2.75, 3.05) is 6.61 Å². The summed E-state index contributed by atoms with van der Waals surface area (Å²) in [5.74, 6) is 1.44. The van der Waals surface area contributed by atoms with Gasteiger partial charge in [0, 0.05) is 4.47 Å². The van der Waals surface area contributed by atoms with Crippen molar-refractivity contribution < 1.29 is 4.74 Å². The van der Waals surface area contributed by atoms with E-state index in [0.29, 0.717) is 12.5 Å². The molecule has 1 rings (SSSR count). The van der Waals surface area contributed by atoms with Gasteiger partial charge in [0.1, 0.15) is 5.75 Å². The summed E-state index contributed by atoms with van der Waals surface area (Å²) in [5, 5.41) is 0.0740. The highest BCUT2D eigenvalue weighted by molar-refractivity contribution is 9.10. The number of benzene rings is 1. The molecule has 0 aliphatic carbocycles. The van der Waals surface area contributed by atoms with Gasteiger partial charge in [0.25, 0.3) is 0 Å². The van der Waals surface area contributed by atoms with Gasteiger partial charge in [-0.05, 0) is 43.4 Å². The van der Waals surface area contributed by atoms with Gasteiger partial charge in [-0.3, -0.25) is 0 Å². The molecule has 0 aromatic heterocycles. The molecule has 1 aromatic rings. The van der Waals surface area contributed by atoms with Gasteiger partial charge in [-0.15, -0.1) is 11.6 Å². The number of hydrogen-bond donors (Lipinski definition) is 0. The Morgan fingerprint density at radius 3 is 2.26 bits per heavy atom. The summed E-state index contributed by atoms with van der Waals surface area (Å²) in [6, 6.07) is 6.11. The van der Waals surface area contributed by atoms with Crippen molar-refractivity contribution in [3.05, 3.63) is 28.2 Å². The minimum Gasteiger partial charge on any atom is -0.494 e. The fourth-order valence-electron chi connectivity index (χ4n) is 2.42. The largest absolute Gasteiger partial charge is 0.494 e. The van der Waals surface area contributed by atoms with Gasteiger partial charge in [0.05, 0.1) is 12.0 Å². The van der Waals surface area contributed by atoms with Gasteiger partial charge in [-0.25, -0.2) is 0 Å². The second-order valence-corrected chi connectivity index (χ2v) is 6.18. The van der Waals surface area contributed by atoms with E-state index in [-0.39, 0.29) is 5.38 Å². The van der Waals surface area contributed by atoms with Crippen LogP contribution in [-0.4, -0.2) is 6.61 Å². The quantitative estimate of drug-likeness (QED) is 0.498. The van der Waals surface area contributed by atoms with Crippen molar-refractivity contribution in [1.82, 2.24) is 0 Å². The lowest BCUT2D eigenvalue weighted by molar-refractivity contribution is 0.339. The van der Waals surface area contributed by atoms with E-state index in [1.807, 2.05) is 19.1 Å². The standard InChI is InChI=1S/C16H24BrClO/c1-4-7-12(8-5-2)16(18)14-10-9-13(19-6-3)11-15(14)17/h9-12,16H,4-8H2,1-3H3. The topological polar surface area (TPSA) is 9.23 Å². The van der Waals surface area contributed by atoms with Gasteiger partial charge in [-0.1, -0.05) is 48.7 Å². The van der Waals surface area contributed by atoms with E-state index in [1.165, 1.54) is 31.2 Å². The zero-order valence-corrected chi connectivity index (χ0v) is 14.4. The Kier molecular flexibility index (Phi) is 7.86. The summed E-state index contributed by atoms with van der Waals surface area (Å²) in [6.45, 7) is 7.12. The molecule has 0 radical (unpaired) electrons. The molecule has 108 valence electrons. The number of alkyl halides is 1. The molecule has 19 heavy (non-hydrogen) atoms. The summed E-state index contributed by atoms with van der Waals surface area (Å²) in [7, 11) is 0. The summed E-state index contributed by atoms with van der Waals surface area (Å²) in [4.78, 5) is 0. The van der Waals surface area contributed by atoms with E-state index in [4.69, 9.17) is 16.3 Å². The van der Waals surface area contributed by atoms with Crippen LogP contribution in [0.3, 0.4) is 0 Å². The van der Waals surface area contributed by atoms with Crippen LogP contribution in [0.4, 0.5) is 0 Å². The Morgan fingerprint density at radius 1 is 1.16 bits per heavy atom. The second kappa shape index (κ2) is 8.86. The monoisotopic (exact) mass is 346 g/mol. The van der Waals surface area contributed by atoms with Crippen molar-refractivity contribution in [3.8, 4) is 5.75 Å². The minimum atomic E-state index is 0.0740. The molecular weight excluding hydrogens is 324 g/mol. The smallest absolute Gasteiger partial charge is 0.120 e. The second-order valence-electron chi connectivity index (χ2n) is 4.86. The first-order valence-corrected chi connectivity index (χ1v) is 8.43. The molecule has 1 atom stereocenters. The Hall–Kier alpha value is -0.210. The number of hydrogen-bond acceptors (Lipinski definition) is 1. The normalized spacial score (nSPS) is 12.7. The third-order valence-electron chi connectivity index (χ3n) is 3.31. The van der Waals surface area contributed by atoms with Crippen molar-refractivity contribution in [2.45, 2.75) is 51.8 Å². The first-order valence-electron chi connectivity index (χ1n) is 7.20. The van der Waals surface area contributed by atoms with Gasteiger partial charge in [0.15, 0.2) is 0 Å². The molecule has 0 aliphatic rings. The van der Waals surface area contributed by atoms with Gasteiger partial charge in [0.2, 0.25) is 0 Å². The predicted molar refractivity (Wildman–Crippen MR) is 87.2 cm³/mol. The van der Waals surface area contributed by atoms with Crippen molar-refractivity contribution in [1.29, 1.82) is 0 Å². The average molecular weight is 348 g/mol. The lowest BCUT2D eigenvalue weighted by Gasteiger charge is -2.23. The highest BCUT2D eigenvalue weighted by Gasteiger charge is 2.21. The first kappa shape index (κ1) is 16.8. The molecule has 0 N–H and O–H groups in total. The minimum absolute atomic E-state index is 0.0740. The van der Waals surface area contributed by atoms with E-state index in [1.54, 1.807) is 0 Å². The van der Waals surface area contributed by atoms with Crippen molar-refractivity contribution in [2.24, 2.45) is 5.92 Å². The molecule has 1 unspecified atom stereocenters. The molecule has 0 aliphatic heterocycles. The highest BCUT2D eigenvalue weighted by Crippen LogP contribution is 2.39. The predicted octanol–water partition coefficient (Wildman–Crippen LogP) is 6.34. The molecule has 0 bridgehead atoms. The van der Waals surface area contributed by atoms with E-state index >= 15 is 0 Å². The zero-order chi connectivity index (χ0) is 14.3. The molecule has 0 saturated carbocycles. The van der Waals surface area contributed by atoms with Gasteiger partial charge < -0.3 is 4.74 Å². The Morgan fingerprint density at radius 2 is 1.79 bits per heavy atom. The van der Waals surface area contributed by atoms with Gasteiger partial charge in [-0.2, -0.15) is 0 Å². The van der Waals surface area contributed by atoms with E-state index in [2.05, 4.69) is 35.8 Å². The van der Waals surface area contributed by atoms with Gasteiger partial charge >= 0.3 is 0 Å². The first-order chi connectivity index (χ1) is 9.13. The van der Waals surface area contributed by atoms with Crippen molar-refractivity contribution in [3.63, 3.8) is 0 Å². The summed E-state index contributed by atoms with van der Waals surface area (Å²) in [5.41, 5.74) is 1.18. The molecular formula is C16H24BrClO.